The van der Waals surface area contributed by atoms with Gasteiger partial charge >= 0.3 is 0 Å². The fraction of sp³-hybridized carbons (Fsp3) is 0.500. The Morgan fingerprint density at radius 1 is 1.40 bits per heavy atom. The zero-order valence-corrected chi connectivity index (χ0v) is 9.03. The van der Waals surface area contributed by atoms with E-state index < -0.39 is 0 Å². The third-order valence-corrected chi connectivity index (χ3v) is 3.65. The van der Waals surface area contributed by atoms with Gasteiger partial charge in [0.1, 0.15) is 5.69 Å². The van der Waals surface area contributed by atoms with E-state index in [0.717, 1.165) is 29.0 Å². The van der Waals surface area contributed by atoms with Gasteiger partial charge in [0.25, 0.3) is 0 Å². The first-order chi connectivity index (χ1) is 7.20. The summed E-state index contributed by atoms with van der Waals surface area (Å²) in [6, 6.07) is 0. The summed E-state index contributed by atoms with van der Waals surface area (Å²) in [5.74, 6) is 0.776. The third-order valence-electron chi connectivity index (χ3n) is 3.65. The second kappa shape index (κ2) is 2.81. The van der Waals surface area contributed by atoms with Crippen molar-refractivity contribution in [3.63, 3.8) is 0 Å². The lowest BCUT2D eigenvalue weighted by molar-refractivity contribution is -0.615. The Labute approximate surface area is 89.0 Å². The summed E-state index contributed by atoms with van der Waals surface area (Å²) in [4.78, 5) is 4.38. The van der Waals surface area contributed by atoms with Gasteiger partial charge in [0.2, 0.25) is 5.69 Å². The quantitative estimate of drug-likeness (QED) is 0.367. The average molecular weight is 202 g/mol. The number of nitrogens with zero attached hydrogens (tertiary/aromatic N) is 2. The van der Waals surface area contributed by atoms with Crippen LogP contribution in [0.4, 0.5) is 0 Å². The molecule has 0 aromatic carbocycles. The van der Waals surface area contributed by atoms with Gasteiger partial charge < -0.3 is 5.21 Å². The van der Waals surface area contributed by atoms with Crippen LogP contribution in [0.25, 0.3) is 0 Å². The van der Waals surface area contributed by atoms with Crippen LogP contribution in [0.15, 0.2) is 23.5 Å². The summed E-state index contributed by atoms with van der Waals surface area (Å²) in [6.45, 7) is 4.28. The summed E-state index contributed by atoms with van der Waals surface area (Å²) >= 11 is 0. The Balaban J connectivity index is 2.26. The van der Waals surface area contributed by atoms with Gasteiger partial charge in [-0.05, 0) is 32.3 Å². The third kappa shape index (κ3) is 1.01. The Bertz CT molecular complexity index is 461. The van der Waals surface area contributed by atoms with Crippen LogP contribution in [0.1, 0.15) is 49.9 Å². The zero-order chi connectivity index (χ0) is 10.6. The minimum atomic E-state index is 0.348. The SMILES string of the molecule is CC(C)=C1[C@H]2CC[C@@H]1c1c2ncc[n+]1[O-]. The maximum Gasteiger partial charge on any atom is 0.222 e. The highest BCUT2D eigenvalue weighted by molar-refractivity contribution is 5.46. The monoisotopic (exact) mass is 202 g/mol. The van der Waals surface area contributed by atoms with Gasteiger partial charge in [-0.3, -0.25) is 0 Å². The van der Waals surface area contributed by atoms with E-state index in [-0.39, 0.29) is 0 Å². The molecule has 2 bridgehead atoms. The normalized spacial score (nSPS) is 26.9. The Kier molecular flexibility index (Phi) is 1.67. The molecule has 3 rings (SSSR count). The number of hydrogen-bond acceptors (Lipinski definition) is 2. The van der Waals surface area contributed by atoms with Gasteiger partial charge in [0, 0.05) is 5.92 Å². The van der Waals surface area contributed by atoms with Crippen molar-refractivity contribution >= 4 is 0 Å². The van der Waals surface area contributed by atoms with Gasteiger partial charge in [-0.1, -0.05) is 5.57 Å². The van der Waals surface area contributed by atoms with Crippen molar-refractivity contribution in [3.05, 3.63) is 40.1 Å². The predicted molar refractivity (Wildman–Crippen MR) is 56.3 cm³/mol. The molecule has 0 N–H and O–H groups in total. The largest absolute Gasteiger partial charge is 0.618 e. The van der Waals surface area contributed by atoms with Gasteiger partial charge in [-0.15, -0.1) is 0 Å². The lowest BCUT2D eigenvalue weighted by atomic mass is 10.00. The van der Waals surface area contributed by atoms with Gasteiger partial charge in [0.15, 0.2) is 6.20 Å². The molecule has 3 heteroatoms. The molecule has 0 amide bonds. The van der Waals surface area contributed by atoms with Crippen LogP contribution in [-0.2, 0) is 0 Å². The van der Waals surface area contributed by atoms with E-state index in [1.54, 1.807) is 6.20 Å². The fourth-order valence-electron chi connectivity index (χ4n) is 3.19. The second-order valence-corrected chi connectivity index (χ2v) is 4.66. The van der Waals surface area contributed by atoms with E-state index in [9.17, 15) is 5.21 Å². The Morgan fingerprint density at radius 3 is 2.80 bits per heavy atom. The highest BCUT2D eigenvalue weighted by Crippen LogP contribution is 2.55. The standard InChI is InChI=1S/C12H14N2O/c1-7(2)10-8-3-4-9(10)12-11(8)13-5-6-14(12)15/h5-6,8-9H,3-4H2,1-2H3/t8-,9+/m1/s1. The zero-order valence-electron chi connectivity index (χ0n) is 9.03. The van der Waals surface area contributed by atoms with E-state index in [1.165, 1.54) is 17.3 Å². The maximum atomic E-state index is 11.7. The maximum absolute atomic E-state index is 11.7. The molecule has 78 valence electrons. The highest BCUT2D eigenvalue weighted by atomic mass is 16.5. The first-order valence-corrected chi connectivity index (χ1v) is 5.45. The number of aromatic nitrogens is 2. The minimum Gasteiger partial charge on any atom is -0.618 e. The summed E-state index contributed by atoms with van der Waals surface area (Å²) in [5.41, 5.74) is 4.75. The van der Waals surface area contributed by atoms with Crippen LogP contribution in [0.3, 0.4) is 0 Å². The van der Waals surface area contributed by atoms with Gasteiger partial charge in [-0.25, -0.2) is 4.98 Å². The molecule has 0 aliphatic heterocycles. The molecular weight excluding hydrogens is 188 g/mol. The molecule has 2 aliphatic carbocycles. The molecule has 1 saturated carbocycles. The number of hydrogen-bond donors (Lipinski definition) is 0. The summed E-state index contributed by atoms with van der Waals surface area (Å²) in [6.07, 6.45) is 5.42. The number of allylic oxidation sites excluding steroid dienone is 2. The smallest absolute Gasteiger partial charge is 0.222 e. The second-order valence-electron chi connectivity index (χ2n) is 4.66. The summed E-state index contributed by atoms with van der Waals surface area (Å²) < 4.78 is 1.01. The van der Waals surface area contributed by atoms with Crippen LogP contribution in [-0.4, -0.2) is 4.98 Å². The molecule has 15 heavy (non-hydrogen) atoms. The number of fused-ring (bicyclic) bond motifs is 5. The first kappa shape index (κ1) is 8.89. The van der Waals surface area contributed by atoms with Crippen molar-refractivity contribution in [2.24, 2.45) is 0 Å². The van der Waals surface area contributed by atoms with Crippen molar-refractivity contribution in [1.29, 1.82) is 0 Å². The van der Waals surface area contributed by atoms with E-state index in [2.05, 4.69) is 18.8 Å². The van der Waals surface area contributed by atoms with E-state index in [4.69, 9.17) is 0 Å². The molecule has 1 aromatic rings. The van der Waals surface area contributed by atoms with E-state index in [0.29, 0.717) is 11.8 Å². The molecule has 3 nitrogen and oxygen atoms in total. The van der Waals surface area contributed by atoms with Crippen LogP contribution < -0.4 is 4.73 Å². The topological polar surface area (TPSA) is 39.8 Å². The van der Waals surface area contributed by atoms with Crippen molar-refractivity contribution in [1.82, 2.24) is 4.98 Å². The van der Waals surface area contributed by atoms with Crippen molar-refractivity contribution in [2.75, 3.05) is 0 Å². The number of rotatable bonds is 0. The van der Waals surface area contributed by atoms with Gasteiger partial charge in [-0.2, -0.15) is 4.73 Å². The molecule has 1 fully saturated rings. The highest BCUT2D eigenvalue weighted by Gasteiger charge is 2.48. The van der Waals surface area contributed by atoms with E-state index >= 15 is 0 Å². The lowest BCUT2D eigenvalue weighted by Gasteiger charge is -2.11. The van der Waals surface area contributed by atoms with Crippen LogP contribution in [0.2, 0.25) is 0 Å². The van der Waals surface area contributed by atoms with Crippen LogP contribution >= 0.6 is 0 Å². The first-order valence-electron chi connectivity index (χ1n) is 5.45. The predicted octanol–water partition coefficient (Wildman–Crippen LogP) is 2.03. The van der Waals surface area contributed by atoms with E-state index in [1.807, 2.05) is 0 Å². The summed E-state index contributed by atoms with van der Waals surface area (Å²) in [5, 5.41) is 11.7. The molecule has 2 aliphatic rings. The lowest BCUT2D eigenvalue weighted by Crippen LogP contribution is -2.33. The van der Waals surface area contributed by atoms with Crippen molar-refractivity contribution < 1.29 is 4.73 Å². The molecule has 0 spiro atoms. The fourth-order valence-corrected chi connectivity index (χ4v) is 3.19. The minimum absolute atomic E-state index is 0.348. The Hall–Kier alpha value is -1.38. The van der Waals surface area contributed by atoms with Crippen LogP contribution in [0, 0.1) is 5.21 Å². The van der Waals surface area contributed by atoms with Crippen molar-refractivity contribution in [2.45, 2.75) is 38.5 Å². The molecule has 0 saturated heterocycles. The van der Waals surface area contributed by atoms with Crippen LogP contribution in [0.5, 0.6) is 0 Å². The summed E-state index contributed by atoms with van der Waals surface area (Å²) in [7, 11) is 0. The molecular formula is C12H14N2O. The van der Waals surface area contributed by atoms with Crippen molar-refractivity contribution in [3.8, 4) is 0 Å². The molecule has 2 atom stereocenters. The molecule has 0 radical (unpaired) electrons. The average Bonchev–Trinajstić information content (AvgIpc) is 2.73. The molecule has 1 heterocycles. The van der Waals surface area contributed by atoms with Gasteiger partial charge in [0.05, 0.1) is 12.1 Å². The Morgan fingerprint density at radius 2 is 2.13 bits per heavy atom. The molecule has 1 aromatic heterocycles. The molecule has 0 unspecified atom stereocenters.